The van der Waals surface area contributed by atoms with Gasteiger partial charge in [0, 0.05) is 32.6 Å². The zero-order chi connectivity index (χ0) is 21.0. The monoisotopic (exact) mass is 526 g/mol. The largest absolute Gasteiger partial charge is 0.416 e. The molecule has 0 aromatic heterocycles. The summed E-state index contributed by atoms with van der Waals surface area (Å²) in [4.78, 5) is 16.1. The maximum Gasteiger partial charge on any atom is 0.416 e. The number of nitrogens with one attached hydrogen (secondary N) is 3. The van der Waals surface area contributed by atoms with Gasteiger partial charge in [-0.25, -0.2) is 0 Å². The summed E-state index contributed by atoms with van der Waals surface area (Å²) < 4.78 is 39.2. The van der Waals surface area contributed by atoms with Gasteiger partial charge in [0.2, 0.25) is 5.91 Å². The topological polar surface area (TPSA) is 65.5 Å². The Kier molecular flexibility index (Phi) is 8.79. The van der Waals surface area contributed by atoms with Gasteiger partial charge in [0.15, 0.2) is 5.96 Å². The zero-order valence-electron chi connectivity index (χ0n) is 17.2. The molecule has 0 atom stereocenters. The number of alkyl halides is 3. The molecule has 1 aliphatic carbocycles. The molecule has 5 nitrogen and oxygen atoms in total. The number of carbonyl (C=O) groups is 1. The Labute approximate surface area is 187 Å². The van der Waals surface area contributed by atoms with Crippen LogP contribution >= 0.6 is 24.0 Å². The van der Waals surface area contributed by atoms with Crippen molar-refractivity contribution in [3.8, 4) is 0 Å². The van der Waals surface area contributed by atoms with Crippen LogP contribution in [0.2, 0.25) is 0 Å². The van der Waals surface area contributed by atoms with Gasteiger partial charge in [0.05, 0.1) is 11.0 Å². The Hall–Kier alpha value is -1.52. The Morgan fingerprint density at radius 1 is 1.21 bits per heavy atom. The van der Waals surface area contributed by atoms with Crippen molar-refractivity contribution >= 4 is 35.8 Å². The lowest BCUT2D eigenvalue weighted by Crippen LogP contribution is -2.51. The van der Waals surface area contributed by atoms with E-state index in [1.807, 2.05) is 13.8 Å². The summed E-state index contributed by atoms with van der Waals surface area (Å²) in [5.74, 6) is 0.435. The number of hydrogen-bond donors (Lipinski definition) is 3. The van der Waals surface area contributed by atoms with Gasteiger partial charge in [-0.3, -0.25) is 9.79 Å². The number of guanidine groups is 1. The first kappa shape index (κ1) is 25.5. The Bertz CT molecular complexity index is 731. The van der Waals surface area contributed by atoms with Gasteiger partial charge >= 0.3 is 6.18 Å². The van der Waals surface area contributed by atoms with Crippen molar-refractivity contribution in [3.63, 3.8) is 0 Å². The number of rotatable bonds is 6. The van der Waals surface area contributed by atoms with Crippen molar-refractivity contribution in [1.82, 2.24) is 16.0 Å². The molecule has 0 aliphatic heterocycles. The number of halogens is 4. The van der Waals surface area contributed by atoms with Crippen LogP contribution in [0.1, 0.15) is 44.2 Å². The fraction of sp³-hybridized carbons (Fsp3) is 0.600. The van der Waals surface area contributed by atoms with Crippen molar-refractivity contribution in [1.29, 1.82) is 0 Å². The molecule has 29 heavy (non-hydrogen) atoms. The average Bonchev–Trinajstić information content (AvgIpc) is 2.62. The van der Waals surface area contributed by atoms with Crippen LogP contribution in [0.25, 0.3) is 0 Å². The molecule has 2 rings (SSSR count). The first-order valence-corrected chi connectivity index (χ1v) is 9.38. The summed E-state index contributed by atoms with van der Waals surface area (Å²) in [6, 6.07) is 5.59. The van der Waals surface area contributed by atoms with E-state index in [9.17, 15) is 18.0 Å². The average molecular weight is 526 g/mol. The van der Waals surface area contributed by atoms with Crippen LogP contribution in [0.3, 0.4) is 0 Å². The molecule has 0 saturated heterocycles. The molecule has 0 heterocycles. The molecule has 1 fully saturated rings. The Morgan fingerprint density at radius 2 is 1.86 bits per heavy atom. The van der Waals surface area contributed by atoms with Crippen molar-refractivity contribution < 1.29 is 18.0 Å². The second-order valence-electron chi connectivity index (χ2n) is 7.95. The van der Waals surface area contributed by atoms with Gasteiger partial charge in [-0.05, 0) is 38.3 Å². The van der Waals surface area contributed by atoms with E-state index >= 15 is 0 Å². The van der Waals surface area contributed by atoms with Crippen LogP contribution in [0.5, 0.6) is 0 Å². The van der Waals surface area contributed by atoms with Gasteiger partial charge in [0.1, 0.15) is 0 Å². The minimum atomic E-state index is -4.35. The number of aliphatic imine (C=N–C) groups is 1. The highest BCUT2D eigenvalue weighted by Crippen LogP contribution is 2.44. The molecular weight excluding hydrogens is 496 g/mol. The van der Waals surface area contributed by atoms with Gasteiger partial charge in [-0.2, -0.15) is 13.2 Å². The van der Waals surface area contributed by atoms with Gasteiger partial charge < -0.3 is 16.0 Å². The van der Waals surface area contributed by atoms with E-state index in [-0.39, 0.29) is 35.3 Å². The van der Waals surface area contributed by atoms with Crippen LogP contribution < -0.4 is 16.0 Å². The molecule has 0 bridgehead atoms. The summed E-state index contributed by atoms with van der Waals surface area (Å²) in [6.45, 7) is 4.50. The second kappa shape index (κ2) is 9.99. The van der Waals surface area contributed by atoms with E-state index in [2.05, 4.69) is 20.9 Å². The molecular formula is C20H30F3IN4O. The van der Waals surface area contributed by atoms with Crippen LogP contribution in [0.4, 0.5) is 13.2 Å². The summed E-state index contributed by atoms with van der Waals surface area (Å²) in [5.41, 5.74) is -0.884. The lowest BCUT2D eigenvalue weighted by molar-refractivity contribution is -0.137. The van der Waals surface area contributed by atoms with Crippen LogP contribution in [-0.4, -0.2) is 39.1 Å². The lowest BCUT2D eigenvalue weighted by Gasteiger charge is -2.43. The Morgan fingerprint density at radius 3 is 2.34 bits per heavy atom. The summed E-state index contributed by atoms with van der Waals surface area (Å²) in [6.07, 6.45) is -1.73. The number of benzene rings is 1. The quantitative estimate of drug-likeness (QED) is 0.301. The van der Waals surface area contributed by atoms with E-state index in [1.165, 1.54) is 12.1 Å². The zero-order valence-corrected chi connectivity index (χ0v) is 19.6. The third kappa shape index (κ3) is 6.23. The molecule has 1 amide bonds. The minimum Gasteiger partial charge on any atom is -0.359 e. The molecule has 1 aromatic carbocycles. The van der Waals surface area contributed by atoms with Crippen molar-refractivity contribution in [2.24, 2.45) is 10.4 Å². The summed E-state index contributed by atoms with van der Waals surface area (Å²) in [7, 11) is 3.21. The minimum absolute atomic E-state index is 0. The van der Waals surface area contributed by atoms with E-state index < -0.39 is 17.2 Å². The van der Waals surface area contributed by atoms with E-state index in [0.717, 1.165) is 25.3 Å². The van der Waals surface area contributed by atoms with Crippen LogP contribution in [-0.2, 0) is 16.4 Å². The highest BCUT2D eigenvalue weighted by Gasteiger charge is 2.40. The van der Waals surface area contributed by atoms with Gasteiger partial charge in [-0.1, -0.05) is 24.6 Å². The molecule has 3 N–H and O–H groups in total. The fourth-order valence-electron chi connectivity index (χ4n) is 3.39. The standard InChI is InChI=1S/C20H29F3N4O.HI/c1-18(2,16(28)24-3)12-26-17(25-4)27-13-19(9-6-10-19)14-7-5-8-15(11-14)20(21,22)23;/h5,7-8,11H,6,9-10,12-13H2,1-4H3,(H,24,28)(H2,25,26,27);1H. The molecule has 164 valence electrons. The van der Waals surface area contributed by atoms with E-state index in [1.54, 1.807) is 20.2 Å². The van der Waals surface area contributed by atoms with Crippen molar-refractivity contribution in [2.75, 3.05) is 27.2 Å². The number of amides is 1. The normalized spacial score (nSPS) is 16.3. The lowest BCUT2D eigenvalue weighted by atomic mass is 9.64. The summed E-state index contributed by atoms with van der Waals surface area (Å²) in [5, 5.41) is 8.98. The first-order valence-electron chi connectivity index (χ1n) is 9.38. The fourth-order valence-corrected chi connectivity index (χ4v) is 3.39. The van der Waals surface area contributed by atoms with Crippen molar-refractivity contribution in [2.45, 2.75) is 44.7 Å². The third-order valence-electron chi connectivity index (χ3n) is 5.47. The number of carbonyl (C=O) groups excluding carboxylic acids is 1. The molecule has 0 spiro atoms. The first-order chi connectivity index (χ1) is 13.0. The molecule has 1 aliphatic rings. The maximum atomic E-state index is 13.1. The predicted molar refractivity (Wildman–Crippen MR) is 120 cm³/mol. The summed E-state index contributed by atoms with van der Waals surface area (Å²) >= 11 is 0. The SMILES string of the molecule is CN=C(NCC(C)(C)C(=O)NC)NCC1(c2cccc(C(F)(F)F)c2)CCC1.I. The van der Waals surface area contributed by atoms with Crippen LogP contribution in [0, 0.1) is 5.41 Å². The van der Waals surface area contributed by atoms with Crippen LogP contribution in [0.15, 0.2) is 29.3 Å². The molecule has 0 unspecified atom stereocenters. The smallest absolute Gasteiger partial charge is 0.359 e. The van der Waals surface area contributed by atoms with Crippen molar-refractivity contribution in [3.05, 3.63) is 35.4 Å². The highest BCUT2D eigenvalue weighted by molar-refractivity contribution is 14.0. The van der Waals surface area contributed by atoms with Gasteiger partial charge in [0.25, 0.3) is 0 Å². The predicted octanol–water partition coefficient (Wildman–Crippen LogP) is 3.68. The number of nitrogens with zero attached hydrogens (tertiary/aromatic N) is 1. The van der Waals surface area contributed by atoms with Gasteiger partial charge in [-0.15, -0.1) is 24.0 Å². The second-order valence-corrected chi connectivity index (χ2v) is 7.95. The molecule has 0 radical (unpaired) electrons. The molecule has 9 heteroatoms. The molecule has 1 aromatic rings. The Balaban J connectivity index is 0.00000420. The van der Waals surface area contributed by atoms with E-state index in [4.69, 9.17) is 0 Å². The van der Waals surface area contributed by atoms with E-state index in [0.29, 0.717) is 24.6 Å². The highest BCUT2D eigenvalue weighted by atomic mass is 127. The maximum absolute atomic E-state index is 13.1. The number of hydrogen-bond acceptors (Lipinski definition) is 2. The third-order valence-corrected chi connectivity index (χ3v) is 5.47. The molecule has 1 saturated carbocycles.